The van der Waals surface area contributed by atoms with Crippen molar-refractivity contribution in [2.45, 2.75) is 6.92 Å². The predicted molar refractivity (Wildman–Crippen MR) is 103 cm³/mol. The minimum atomic E-state index is -0.459. The van der Waals surface area contributed by atoms with Crippen LogP contribution in [0.4, 0.5) is 0 Å². The number of carbonyl (C=O) groups excluding carboxylic acids is 1. The maximum atomic E-state index is 12.2. The number of benzene rings is 2. The van der Waals surface area contributed by atoms with E-state index in [9.17, 15) is 9.90 Å². The largest absolute Gasteiger partial charge is 0.504 e. The molecule has 0 aliphatic carbocycles. The Morgan fingerprint density at radius 2 is 2.11 bits per heavy atom. The van der Waals surface area contributed by atoms with Gasteiger partial charge >= 0.3 is 0 Å². The summed E-state index contributed by atoms with van der Waals surface area (Å²) in [6.07, 6.45) is 1.34. The summed E-state index contributed by atoms with van der Waals surface area (Å²) in [6.45, 7) is 2.25. The highest BCUT2D eigenvalue weighted by atomic mass is 35.5. The molecule has 0 unspecified atom stereocenters. The normalized spacial score (nSPS) is 10.9. The number of aromatic nitrogens is 2. The molecule has 0 spiro atoms. The van der Waals surface area contributed by atoms with Crippen molar-refractivity contribution in [3.8, 4) is 22.8 Å². The van der Waals surface area contributed by atoms with Crippen LogP contribution in [0.5, 0.6) is 11.5 Å². The second-order valence-electron chi connectivity index (χ2n) is 5.50. The lowest BCUT2D eigenvalue weighted by molar-refractivity contribution is 0.0950. The van der Waals surface area contributed by atoms with Crippen LogP contribution in [-0.2, 0) is 0 Å². The smallest absolute Gasteiger partial charge is 0.289 e. The van der Waals surface area contributed by atoms with Gasteiger partial charge in [-0.3, -0.25) is 9.89 Å². The molecule has 27 heavy (non-hydrogen) atoms. The molecule has 1 amide bonds. The predicted octanol–water partition coefficient (Wildman–Crippen LogP) is 3.60. The lowest BCUT2D eigenvalue weighted by Gasteiger charge is -2.07. The fourth-order valence-electron chi connectivity index (χ4n) is 2.34. The highest BCUT2D eigenvalue weighted by molar-refractivity contribution is 6.30. The first kappa shape index (κ1) is 18.5. The van der Waals surface area contributed by atoms with E-state index < -0.39 is 5.91 Å². The summed E-state index contributed by atoms with van der Waals surface area (Å²) in [4.78, 5) is 12.2. The van der Waals surface area contributed by atoms with Gasteiger partial charge < -0.3 is 9.84 Å². The van der Waals surface area contributed by atoms with Crippen LogP contribution in [0.15, 0.2) is 53.6 Å². The van der Waals surface area contributed by atoms with Crippen molar-refractivity contribution in [2.75, 3.05) is 6.61 Å². The van der Waals surface area contributed by atoms with Gasteiger partial charge in [-0.25, -0.2) is 5.43 Å². The lowest BCUT2D eigenvalue weighted by Crippen LogP contribution is -2.18. The Morgan fingerprint density at radius 1 is 1.33 bits per heavy atom. The van der Waals surface area contributed by atoms with Gasteiger partial charge in [0.2, 0.25) is 0 Å². The van der Waals surface area contributed by atoms with Crippen molar-refractivity contribution in [1.82, 2.24) is 15.6 Å². The second-order valence-corrected chi connectivity index (χ2v) is 5.94. The lowest BCUT2D eigenvalue weighted by atomic mass is 10.1. The molecule has 2 aromatic carbocycles. The van der Waals surface area contributed by atoms with Gasteiger partial charge in [-0.05, 0) is 37.3 Å². The van der Waals surface area contributed by atoms with Crippen molar-refractivity contribution >= 4 is 23.7 Å². The first-order valence-electron chi connectivity index (χ1n) is 8.18. The first-order chi connectivity index (χ1) is 13.1. The number of phenolic OH excluding ortho intramolecular Hbond substituents is 1. The minimum absolute atomic E-state index is 0.0380. The molecule has 3 aromatic rings. The number of H-pyrrole nitrogens is 1. The summed E-state index contributed by atoms with van der Waals surface area (Å²) in [5.41, 5.74) is 4.51. The van der Waals surface area contributed by atoms with Crippen LogP contribution in [0, 0.1) is 0 Å². The molecule has 1 aromatic heterocycles. The number of amides is 1. The van der Waals surface area contributed by atoms with Gasteiger partial charge in [0, 0.05) is 16.1 Å². The molecular weight excluding hydrogens is 368 g/mol. The van der Waals surface area contributed by atoms with Gasteiger partial charge in [0.1, 0.15) is 5.69 Å². The molecule has 0 aliphatic rings. The van der Waals surface area contributed by atoms with E-state index in [1.165, 1.54) is 6.21 Å². The van der Waals surface area contributed by atoms with E-state index >= 15 is 0 Å². The first-order valence-corrected chi connectivity index (χ1v) is 8.56. The summed E-state index contributed by atoms with van der Waals surface area (Å²) >= 11 is 5.87. The molecule has 3 rings (SSSR count). The Hall–Kier alpha value is -3.32. The van der Waals surface area contributed by atoms with E-state index in [-0.39, 0.29) is 11.4 Å². The highest BCUT2D eigenvalue weighted by Gasteiger charge is 2.11. The monoisotopic (exact) mass is 384 g/mol. The van der Waals surface area contributed by atoms with E-state index in [4.69, 9.17) is 16.3 Å². The van der Waals surface area contributed by atoms with Crippen molar-refractivity contribution in [3.63, 3.8) is 0 Å². The number of halogens is 1. The molecule has 0 saturated heterocycles. The summed E-state index contributed by atoms with van der Waals surface area (Å²) in [7, 11) is 0. The molecular formula is C19H17ClN4O3. The Kier molecular flexibility index (Phi) is 5.73. The molecule has 3 N–H and O–H groups in total. The molecule has 0 aliphatic heterocycles. The molecule has 0 bridgehead atoms. The van der Waals surface area contributed by atoms with Gasteiger partial charge in [0.05, 0.1) is 18.5 Å². The Balaban J connectivity index is 1.67. The van der Waals surface area contributed by atoms with Gasteiger partial charge in [0.25, 0.3) is 5.91 Å². The average Bonchev–Trinajstić information content (AvgIpc) is 3.15. The van der Waals surface area contributed by atoms with Crippen molar-refractivity contribution < 1.29 is 14.6 Å². The van der Waals surface area contributed by atoms with Crippen LogP contribution in [0.1, 0.15) is 23.0 Å². The number of ether oxygens (including phenoxy) is 1. The third kappa shape index (κ3) is 4.45. The Bertz CT molecular complexity index is 967. The topological polar surface area (TPSA) is 99.6 Å². The molecule has 8 heteroatoms. The van der Waals surface area contributed by atoms with E-state index in [1.54, 1.807) is 36.4 Å². The number of hydrogen-bond acceptors (Lipinski definition) is 5. The summed E-state index contributed by atoms with van der Waals surface area (Å²) in [5.74, 6) is -0.141. The van der Waals surface area contributed by atoms with E-state index in [1.807, 2.05) is 19.1 Å². The number of para-hydroxylation sites is 1. The van der Waals surface area contributed by atoms with Crippen LogP contribution in [0.25, 0.3) is 11.3 Å². The second kappa shape index (κ2) is 8.37. The molecule has 0 saturated carbocycles. The summed E-state index contributed by atoms with van der Waals surface area (Å²) in [6, 6.07) is 13.8. The summed E-state index contributed by atoms with van der Waals surface area (Å²) < 4.78 is 5.31. The van der Waals surface area contributed by atoms with Gasteiger partial charge in [-0.2, -0.15) is 10.2 Å². The zero-order valence-electron chi connectivity index (χ0n) is 14.4. The third-order valence-corrected chi connectivity index (χ3v) is 3.91. The SMILES string of the molecule is CCOc1cccc(C=NNC(=O)c2cc(-c3ccc(Cl)cc3)n[nH]2)c1O. The van der Waals surface area contributed by atoms with Crippen LogP contribution in [0.2, 0.25) is 5.02 Å². The number of nitrogens with one attached hydrogen (secondary N) is 2. The molecule has 0 atom stereocenters. The standard InChI is InChI=1S/C19H17ClN4O3/c1-2-27-17-5-3-4-13(18(17)25)11-21-24-19(26)16-10-15(22-23-16)12-6-8-14(20)9-7-12/h3-11,25H,2H2,1H3,(H,22,23)(H,24,26). The fourth-order valence-corrected chi connectivity index (χ4v) is 2.47. The van der Waals surface area contributed by atoms with Gasteiger partial charge in [-0.15, -0.1) is 0 Å². The Labute approximate surface area is 160 Å². The molecule has 1 heterocycles. The molecule has 138 valence electrons. The quantitative estimate of drug-likeness (QED) is 0.446. The number of rotatable bonds is 6. The Morgan fingerprint density at radius 3 is 2.85 bits per heavy atom. The third-order valence-electron chi connectivity index (χ3n) is 3.66. The number of hydrogen-bond donors (Lipinski definition) is 3. The number of aromatic hydroxyl groups is 1. The van der Waals surface area contributed by atoms with Crippen LogP contribution in [0.3, 0.4) is 0 Å². The number of aromatic amines is 1. The number of phenols is 1. The minimum Gasteiger partial charge on any atom is -0.504 e. The van der Waals surface area contributed by atoms with Gasteiger partial charge in [0.15, 0.2) is 11.5 Å². The van der Waals surface area contributed by atoms with Crippen molar-refractivity contribution in [2.24, 2.45) is 5.10 Å². The van der Waals surface area contributed by atoms with Gasteiger partial charge in [-0.1, -0.05) is 29.8 Å². The molecule has 7 nitrogen and oxygen atoms in total. The molecule has 0 radical (unpaired) electrons. The zero-order valence-corrected chi connectivity index (χ0v) is 15.2. The van der Waals surface area contributed by atoms with E-state index in [0.717, 1.165) is 5.56 Å². The maximum absolute atomic E-state index is 12.2. The van der Waals surface area contributed by atoms with Crippen molar-refractivity contribution in [3.05, 3.63) is 64.8 Å². The van der Waals surface area contributed by atoms with Crippen LogP contribution >= 0.6 is 11.6 Å². The number of nitrogens with zero attached hydrogens (tertiary/aromatic N) is 2. The highest BCUT2D eigenvalue weighted by Crippen LogP contribution is 2.28. The fraction of sp³-hybridized carbons (Fsp3) is 0.105. The maximum Gasteiger partial charge on any atom is 0.289 e. The van der Waals surface area contributed by atoms with Crippen molar-refractivity contribution in [1.29, 1.82) is 0 Å². The average molecular weight is 385 g/mol. The number of hydrazone groups is 1. The summed E-state index contributed by atoms with van der Waals surface area (Å²) in [5, 5.41) is 21.4. The van der Waals surface area contributed by atoms with E-state index in [0.29, 0.717) is 28.6 Å². The van der Waals surface area contributed by atoms with Crippen LogP contribution in [-0.4, -0.2) is 34.0 Å². The number of carbonyl (C=O) groups is 1. The van der Waals surface area contributed by atoms with Crippen LogP contribution < -0.4 is 10.2 Å². The molecule has 0 fully saturated rings. The van der Waals surface area contributed by atoms with E-state index in [2.05, 4.69) is 20.7 Å². The zero-order chi connectivity index (χ0) is 19.2.